The SMILES string of the molecule is CCOc1ccc(C(=O)c2ccnc(C)n2)cc1. The third-order valence-electron chi connectivity index (χ3n) is 2.44. The lowest BCUT2D eigenvalue weighted by atomic mass is 10.1. The summed E-state index contributed by atoms with van der Waals surface area (Å²) in [6.45, 7) is 4.29. The number of aryl methyl sites for hydroxylation is 1. The van der Waals surface area contributed by atoms with E-state index in [9.17, 15) is 4.79 Å². The van der Waals surface area contributed by atoms with Crippen LogP contribution < -0.4 is 4.74 Å². The van der Waals surface area contributed by atoms with Crippen LogP contribution in [0.1, 0.15) is 28.8 Å². The standard InChI is InChI=1S/C14H14N2O2/c1-3-18-12-6-4-11(5-7-12)14(17)13-8-9-15-10(2)16-13/h4-9H,3H2,1-2H3. The fourth-order valence-corrected chi connectivity index (χ4v) is 1.60. The molecule has 4 heteroatoms. The summed E-state index contributed by atoms with van der Waals surface area (Å²) in [5, 5.41) is 0. The first kappa shape index (κ1) is 12.2. The van der Waals surface area contributed by atoms with Crippen LogP contribution in [-0.2, 0) is 0 Å². The number of nitrogens with zero attached hydrogens (tertiary/aromatic N) is 2. The summed E-state index contributed by atoms with van der Waals surface area (Å²) in [6, 6.07) is 8.66. The quantitative estimate of drug-likeness (QED) is 0.772. The lowest BCUT2D eigenvalue weighted by molar-refractivity contribution is 0.103. The molecule has 0 saturated carbocycles. The lowest BCUT2D eigenvalue weighted by Gasteiger charge is -2.04. The number of ether oxygens (including phenoxy) is 1. The molecule has 92 valence electrons. The van der Waals surface area contributed by atoms with Crippen molar-refractivity contribution in [3.63, 3.8) is 0 Å². The Morgan fingerprint density at radius 1 is 1.22 bits per heavy atom. The van der Waals surface area contributed by atoms with Gasteiger partial charge in [0.1, 0.15) is 17.3 Å². The highest BCUT2D eigenvalue weighted by atomic mass is 16.5. The number of aromatic nitrogens is 2. The van der Waals surface area contributed by atoms with E-state index in [4.69, 9.17) is 4.74 Å². The average molecular weight is 242 g/mol. The Labute approximate surface area is 106 Å². The summed E-state index contributed by atoms with van der Waals surface area (Å²) >= 11 is 0. The van der Waals surface area contributed by atoms with E-state index in [1.807, 2.05) is 6.92 Å². The molecule has 2 rings (SSSR count). The van der Waals surface area contributed by atoms with Crippen LogP contribution >= 0.6 is 0 Å². The molecule has 2 aromatic rings. The number of carbonyl (C=O) groups is 1. The van der Waals surface area contributed by atoms with Crippen LogP contribution in [0.15, 0.2) is 36.5 Å². The molecule has 0 saturated heterocycles. The monoisotopic (exact) mass is 242 g/mol. The summed E-state index contributed by atoms with van der Waals surface area (Å²) in [5.41, 5.74) is 1.00. The molecule has 0 N–H and O–H groups in total. The molecule has 1 aromatic carbocycles. The van der Waals surface area contributed by atoms with Crippen molar-refractivity contribution in [1.82, 2.24) is 9.97 Å². The molecule has 1 aromatic heterocycles. The van der Waals surface area contributed by atoms with Gasteiger partial charge in [-0.1, -0.05) is 0 Å². The van der Waals surface area contributed by atoms with Crippen LogP contribution in [0.4, 0.5) is 0 Å². The van der Waals surface area contributed by atoms with Crippen molar-refractivity contribution >= 4 is 5.78 Å². The van der Waals surface area contributed by atoms with E-state index in [2.05, 4.69) is 9.97 Å². The second kappa shape index (κ2) is 5.40. The van der Waals surface area contributed by atoms with E-state index in [1.54, 1.807) is 43.5 Å². The zero-order valence-corrected chi connectivity index (χ0v) is 10.4. The van der Waals surface area contributed by atoms with Crippen LogP contribution in [0.3, 0.4) is 0 Å². The van der Waals surface area contributed by atoms with Gasteiger partial charge >= 0.3 is 0 Å². The van der Waals surface area contributed by atoms with Crippen molar-refractivity contribution in [2.24, 2.45) is 0 Å². The van der Waals surface area contributed by atoms with Gasteiger partial charge in [-0.25, -0.2) is 9.97 Å². The fourth-order valence-electron chi connectivity index (χ4n) is 1.60. The fraction of sp³-hybridized carbons (Fsp3) is 0.214. The summed E-state index contributed by atoms with van der Waals surface area (Å²) in [7, 11) is 0. The molecule has 0 atom stereocenters. The third kappa shape index (κ3) is 2.71. The smallest absolute Gasteiger partial charge is 0.211 e. The van der Waals surface area contributed by atoms with Gasteiger partial charge in [0.05, 0.1) is 6.61 Å². The largest absolute Gasteiger partial charge is 0.494 e. The number of rotatable bonds is 4. The maximum atomic E-state index is 12.1. The van der Waals surface area contributed by atoms with E-state index in [-0.39, 0.29) is 5.78 Å². The zero-order valence-electron chi connectivity index (χ0n) is 10.4. The molecule has 1 heterocycles. The molecule has 18 heavy (non-hydrogen) atoms. The van der Waals surface area contributed by atoms with Gasteiger partial charge in [-0.2, -0.15) is 0 Å². The second-order valence-electron chi connectivity index (χ2n) is 3.78. The highest BCUT2D eigenvalue weighted by Crippen LogP contribution is 2.14. The topological polar surface area (TPSA) is 52.1 Å². The van der Waals surface area contributed by atoms with Gasteiger partial charge in [-0.05, 0) is 44.2 Å². The number of hydrogen-bond donors (Lipinski definition) is 0. The van der Waals surface area contributed by atoms with Gasteiger partial charge in [0.25, 0.3) is 0 Å². The second-order valence-corrected chi connectivity index (χ2v) is 3.78. The van der Waals surface area contributed by atoms with Crippen LogP contribution in [-0.4, -0.2) is 22.4 Å². The summed E-state index contributed by atoms with van der Waals surface area (Å²) in [5.74, 6) is 1.24. The molecule has 0 amide bonds. The van der Waals surface area contributed by atoms with Gasteiger partial charge in [0, 0.05) is 11.8 Å². The van der Waals surface area contributed by atoms with Crippen molar-refractivity contribution < 1.29 is 9.53 Å². The molecular formula is C14H14N2O2. The van der Waals surface area contributed by atoms with Gasteiger partial charge in [0.2, 0.25) is 5.78 Å². The third-order valence-corrected chi connectivity index (χ3v) is 2.44. The molecule has 0 spiro atoms. The Kier molecular flexibility index (Phi) is 3.67. The van der Waals surface area contributed by atoms with Crippen LogP contribution in [0.5, 0.6) is 5.75 Å². The predicted molar refractivity (Wildman–Crippen MR) is 67.8 cm³/mol. The highest BCUT2D eigenvalue weighted by molar-refractivity contribution is 6.07. The van der Waals surface area contributed by atoms with Crippen molar-refractivity contribution in [2.75, 3.05) is 6.61 Å². The minimum absolute atomic E-state index is 0.108. The maximum absolute atomic E-state index is 12.1. The average Bonchev–Trinajstić information content (AvgIpc) is 2.39. The van der Waals surface area contributed by atoms with E-state index in [0.717, 1.165) is 5.75 Å². The summed E-state index contributed by atoms with van der Waals surface area (Å²) in [4.78, 5) is 20.2. The first-order valence-corrected chi connectivity index (χ1v) is 5.78. The Morgan fingerprint density at radius 3 is 2.56 bits per heavy atom. The molecule has 0 aliphatic carbocycles. The van der Waals surface area contributed by atoms with Gasteiger partial charge < -0.3 is 4.74 Å². The molecular weight excluding hydrogens is 228 g/mol. The molecule has 0 aliphatic heterocycles. The van der Waals surface area contributed by atoms with Crippen LogP contribution in [0.25, 0.3) is 0 Å². The zero-order chi connectivity index (χ0) is 13.0. The molecule has 0 radical (unpaired) electrons. The minimum atomic E-state index is -0.108. The minimum Gasteiger partial charge on any atom is -0.494 e. The Hall–Kier alpha value is -2.23. The van der Waals surface area contributed by atoms with Crippen LogP contribution in [0, 0.1) is 6.92 Å². The molecule has 0 aliphatic rings. The first-order chi connectivity index (χ1) is 8.70. The first-order valence-electron chi connectivity index (χ1n) is 5.78. The van der Waals surface area contributed by atoms with Crippen molar-refractivity contribution in [2.45, 2.75) is 13.8 Å². The maximum Gasteiger partial charge on any atom is 0.211 e. The van der Waals surface area contributed by atoms with Crippen molar-refractivity contribution in [3.8, 4) is 5.75 Å². The predicted octanol–water partition coefficient (Wildman–Crippen LogP) is 2.41. The number of benzene rings is 1. The molecule has 0 fully saturated rings. The summed E-state index contributed by atoms with van der Waals surface area (Å²) in [6.07, 6.45) is 1.59. The normalized spacial score (nSPS) is 10.1. The van der Waals surface area contributed by atoms with E-state index in [1.165, 1.54) is 0 Å². The lowest BCUT2D eigenvalue weighted by Crippen LogP contribution is -2.05. The molecule has 0 bridgehead atoms. The molecule has 0 unspecified atom stereocenters. The number of ketones is 1. The van der Waals surface area contributed by atoms with Gasteiger partial charge in [-0.15, -0.1) is 0 Å². The molecule has 4 nitrogen and oxygen atoms in total. The van der Waals surface area contributed by atoms with E-state index >= 15 is 0 Å². The number of hydrogen-bond acceptors (Lipinski definition) is 4. The Bertz CT molecular complexity index is 550. The van der Waals surface area contributed by atoms with Gasteiger partial charge in [-0.3, -0.25) is 4.79 Å². The van der Waals surface area contributed by atoms with Crippen LogP contribution in [0.2, 0.25) is 0 Å². The summed E-state index contributed by atoms with van der Waals surface area (Å²) < 4.78 is 5.33. The number of carbonyl (C=O) groups excluding carboxylic acids is 1. The van der Waals surface area contributed by atoms with Crippen molar-refractivity contribution in [1.29, 1.82) is 0 Å². The van der Waals surface area contributed by atoms with Crippen molar-refractivity contribution in [3.05, 3.63) is 53.6 Å². The highest BCUT2D eigenvalue weighted by Gasteiger charge is 2.10. The Balaban J connectivity index is 2.23. The van der Waals surface area contributed by atoms with Gasteiger partial charge in [0.15, 0.2) is 0 Å². The van der Waals surface area contributed by atoms with E-state index in [0.29, 0.717) is 23.7 Å². The van der Waals surface area contributed by atoms with E-state index < -0.39 is 0 Å². The Morgan fingerprint density at radius 2 is 1.94 bits per heavy atom.